The van der Waals surface area contributed by atoms with Crippen LogP contribution >= 0.6 is 27.3 Å². The molecule has 0 aliphatic carbocycles. The van der Waals surface area contributed by atoms with E-state index in [1.165, 1.54) is 11.3 Å². The zero-order valence-electron chi connectivity index (χ0n) is 14.0. The van der Waals surface area contributed by atoms with E-state index >= 15 is 0 Å². The average Bonchev–Trinajstić information content (AvgIpc) is 2.96. The van der Waals surface area contributed by atoms with Gasteiger partial charge < -0.3 is 9.64 Å². The number of nitrogens with one attached hydrogen (secondary N) is 1. The maximum absolute atomic E-state index is 12.7. The van der Waals surface area contributed by atoms with Crippen LogP contribution in [0.2, 0.25) is 0 Å². The minimum Gasteiger partial charge on any atom is -0.494 e. The molecule has 0 atom stereocenters. The lowest BCUT2D eigenvalue weighted by molar-refractivity contribution is 0.102. The number of fused-ring (bicyclic) bond motifs is 1. The van der Waals surface area contributed by atoms with E-state index < -0.39 is 0 Å². The van der Waals surface area contributed by atoms with Gasteiger partial charge in [0.2, 0.25) is 0 Å². The Morgan fingerprint density at radius 3 is 2.88 bits per heavy atom. The van der Waals surface area contributed by atoms with Crippen molar-refractivity contribution in [3.05, 3.63) is 40.5 Å². The van der Waals surface area contributed by atoms with Gasteiger partial charge in [-0.2, -0.15) is 0 Å². The molecular weight excluding hydrogens is 404 g/mol. The molecule has 0 fully saturated rings. The molecule has 0 aliphatic heterocycles. The Morgan fingerprint density at radius 1 is 1.36 bits per heavy atom. The number of hydrogen-bond donors (Lipinski definition) is 1. The van der Waals surface area contributed by atoms with Crippen LogP contribution in [0.5, 0.6) is 5.75 Å². The van der Waals surface area contributed by atoms with E-state index in [2.05, 4.69) is 31.2 Å². The molecule has 3 rings (SSSR count). The van der Waals surface area contributed by atoms with Gasteiger partial charge >= 0.3 is 0 Å². The van der Waals surface area contributed by atoms with Gasteiger partial charge in [0.05, 0.1) is 22.4 Å². The van der Waals surface area contributed by atoms with Crippen LogP contribution in [0, 0.1) is 0 Å². The van der Waals surface area contributed by atoms with Crippen molar-refractivity contribution in [1.29, 1.82) is 0 Å². The molecule has 0 radical (unpaired) electrons. The quantitative estimate of drug-likeness (QED) is 0.670. The van der Waals surface area contributed by atoms with Crippen molar-refractivity contribution in [1.82, 2.24) is 9.97 Å². The number of carbonyl (C=O) groups is 1. The van der Waals surface area contributed by atoms with Gasteiger partial charge in [-0.15, -0.1) is 0 Å². The van der Waals surface area contributed by atoms with Gasteiger partial charge in [0.25, 0.3) is 5.91 Å². The van der Waals surface area contributed by atoms with E-state index in [1.54, 1.807) is 17.2 Å². The third-order valence-electron chi connectivity index (χ3n) is 3.39. The smallest absolute Gasteiger partial charge is 0.261 e. The molecule has 1 N–H and O–H groups in total. The lowest BCUT2D eigenvalue weighted by Crippen LogP contribution is -2.19. The van der Waals surface area contributed by atoms with Gasteiger partial charge in [0.1, 0.15) is 11.6 Å². The van der Waals surface area contributed by atoms with Crippen LogP contribution in [0.1, 0.15) is 17.3 Å². The Morgan fingerprint density at radius 2 is 2.16 bits per heavy atom. The van der Waals surface area contributed by atoms with Crippen LogP contribution in [-0.4, -0.2) is 36.6 Å². The number of hydrogen-bond acceptors (Lipinski definition) is 6. The minimum atomic E-state index is -0.249. The molecule has 0 unspecified atom stereocenters. The first-order chi connectivity index (χ1) is 12.0. The molecule has 130 valence electrons. The minimum absolute atomic E-state index is 0.249. The fourth-order valence-electron chi connectivity index (χ4n) is 2.33. The summed E-state index contributed by atoms with van der Waals surface area (Å²) in [6.45, 7) is 2.55. The molecule has 0 spiro atoms. The van der Waals surface area contributed by atoms with Crippen molar-refractivity contribution < 1.29 is 9.53 Å². The molecular formula is C17H17BrN4O2S. The van der Waals surface area contributed by atoms with E-state index in [4.69, 9.17) is 4.74 Å². The molecule has 6 nitrogen and oxygen atoms in total. The summed E-state index contributed by atoms with van der Waals surface area (Å²) >= 11 is 4.77. The van der Waals surface area contributed by atoms with Crippen LogP contribution < -0.4 is 15.0 Å². The predicted molar refractivity (Wildman–Crippen MR) is 105 cm³/mol. The highest BCUT2D eigenvalue weighted by Gasteiger charge is 2.17. The number of anilines is 2. The van der Waals surface area contributed by atoms with Gasteiger partial charge in [0, 0.05) is 24.8 Å². The Bertz CT molecular complexity index is 926. The molecule has 3 aromatic rings. The molecule has 1 amide bonds. The molecule has 8 heteroatoms. The summed E-state index contributed by atoms with van der Waals surface area (Å²) in [6.07, 6.45) is 1.67. The standard InChI is InChI=1S/C17H17BrN4O2S/c1-4-24-11-5-6-13-14(8-11)25-17(20-13)21-16(23)12-7-10(18)9-19-15(12)22(2)3/h5-9H,4H2,1-3H3,(H,20,21,23). The summed E-state index contributed by atoms with van der Waals surface area (Å²) in [5.41, 5.74) is 1.30. The number of rotatable bonds is 5. The van der Waals surface area contributed by atoms with E-state index in [0.717, 1.165) is 20.4 Å². The summed E-state index contributed by atoms with van der Waals surface area (Å²) in [5.74, 6) is 1.14. The maximum Gasteiger partial charge on any atom is 0.261 e. The molecule has 0 saturated heterocycles. The first-order valence-corrected chi connectivity index (χ1v) is 9.26. The number of aromatic nitrogens is 2. The topological polar surface area (TPSA) is 67.3 Å². The first kappa shape index (κ1) is 17.6. The molecule has 0 saturated carbocycles. The Labute approximate surface area is 158 Å². The highest BCUT2D eigenvalue weighted by molar-refractivity contribution is 9.10. The van der Waals surface area contributed by atoms with Crippen molar-refractivity contribution in [2.24, 2.45) is 0 Å². The van der Waals surface area contributed by atoms with Crippen LogP contribution in [0.3, 0.4) is 0 Å². The summed E-state index contributed by atoms with van der Waals surface area (Å²) in [4.78, 5) is 23.2. The molecule has 1 aromatic carbocycles. The number of thiazole rings is 1. The zero-order valence-corrected chi connectivity index (χ0v) is 16.4. The van der Waals surface area contributed by atoms with E-state index in [0.29, 0.717) is 23.1 Å². The number of carbonyl (C=O) groups excluding carboxylic acids is 1. The molecule has 2 aromatic heterocycles. The number of nitrogens with zero attached hydrogens (tertiary/aromatic N) is 3. The van der Waals surface area contributed by atoms with Crippen LogP contribution in [0.25, 0.3) is 10.2 Å². The van der Waals surface area contributed by atoms with Gasteiger partial charge in [-0.05, 0) is 47.1 Å². The van der Waals surface area contributed by atoms with Crippen molar-refractivity contribution in [2.45, 2.75) is 6.92 Å². The molecule has 0 bridgehead atoms. The van der Waals surface area contributed by atoms with Crippen LogP contribution in [0.15, 0.2) is 34.9 Å². The van der Waals surface area contributed by atoms with Crippen molar-refractivity contribution >= 4 is 54.3 Å². The fraction of sp³-hybridized carbons (Fsp3) is 0.235. The molecule has 0 aliphatic rings. The third-order valence-corrected chi connectivity index (χ3v) is 4.76. The second-order valence-electron chi connectivity index (χ2n) is 5.45. The lowest BCUT2D eigenvalue weighted by Gasteiger charge is -2.15. The highest BCUT2D eigenvalue weighted by Crippen LogP contribution is 2.30. The Hall–Kier alpha value is -2.19. The largest absolute Gasteiger partial charge is 0.494 e. The predicted octanol–water partition coefficient (Wildman–Crippen LogP) is 4.17. The second-order valence-corrected chi connectivity index (χ2v) is 7.40. The molecule has 2 heterocycles. The summed E-state index contributed by atoms with van der Waals surface area (Å²) < 4.78 is 7.21. The van der Waals surface area contributed by atoms with Gasteiger partial charge in [-0.25, -0.2) is 9.97 Å². The van der Waals surface area contributed by atoms with E-state index in [-0.39, 0.29) is 5.91 Å². The van der Waals surface area contributed by atoms with E-state index in [9.17, 15) is 4.79 Å². The number of halogens is 1. The van der Waals surface area contributed by atoms with E-state index in [1.807, 2.05) is 39.2 Å². The first-order valence-electron chi connectivity index (χ1n) is 7.65. The van der Waals surface area contributed by atoms with Gasteiger partial charge in [-0.1, -0.05) is 11.3 Å². The van der Waals surface area contributed by atoms with Crippen molar-refractivity contribution in [3.63, 3.8) is 0 Å². The fourth-order valence-corrected chi connectivity index (χ4v) is 3.56. The Balaban J connectivity index is 1.88. The monoisotopic (exact) mass is 420 g/mol. The Kier molecular flexibility index (Phi) is 5.19. The number of pyridine rings is 1. The van der Waals surface area contributed by atoms with Crippen LogP contribution in [-0.2, 0) is 0 Å². The van der Waals surface area contributed by atoms with Gasteiger partial charge in [-0.3, -0.25) is 10.1 Å². The number of amides is 1. The van der Waals surface area contributed by atoms with Gasteiger partial charge in [0.15, 0.2) is 5.13 Å². The lowest BCUT2D eigenvalue weighted by atomic mass is 10.2. The number of benzene rings is 1. The normalized spacial score (nSPS) is 10.7. The maximum atomic E-state index is 12.7. The number of ether oxygens (including phenoxy) is 1. The van der Waals surface area contributed by atoms with Crippen molar-refractivity contribution in [2.75, 3.05) is 30.9 Å². The molecule has 25 heavy (non-hydrogen) atoms. The average molecular weight is 421 g/mol. The summed E-state index contributed by atoms with van der Waals surface area (Å²) in [5, 5.41) is 3.40. The SMILES string of the molecule is CCOc1ccc2nc(NC(=O)c3cc(Br)cnc3N(C)C)sc2c1. The summed E-state index contributed by atoms with van der Waals surface area (Å²) in [7, 11) is 3.69. The van der Waals surface area contributed by atoms with Crippen molar-refractivity contribution in [3.8, 4) is 5.75 Å². The third kappa shape index (κ3) is 3.91. The highest BCUT2D eigenvalue weighted by atomic mass is 79.9. The van der Waals surface area contributed by atoms with Crippen LogP contribution in [0.4, 0.5) is 10.9 Å². The second kappa shape index (κ2) is 7.37. The summed E-state index contributed by atoms with van der Waals surface area (Å²) in [6, 6.07) is 7.44. The zero-order chi connectivity index (χ0) is 18.0.